The molecule has 2 fully saturated rings. The van der Waals surface area contributed by atoms with Crippen LogP contribution in [-0.2, 0) is 19.6 Å². The molecule has 1 N–H and O–H groups in total. The van der Waals surface area contributed by atoms with E-state index >= 15 is 0 Å². The Morgan fingerprint density at radius 2 is 2.04 bits per heavy atom. The van der Waals surface area contributed by atoms with Crippen molar-refractivity contribution in [2.24, 2.45) is 5.41 Å². The Labute approximate surface area is 159 Å². The van der Waals surface area contributed by atoms with E-state index in [0.717, 1.165) is 44.2 Å². The summed E-state index contributed by atoms with van der Waals surface area (Å²) in [4.78, 5) is 16.0. The van der Waals surface area contributed by atoms with Crippen LogP contribution in [0.3, 0.4) is 0 Å². The number of nitrogens with one attached hydrogen (secondary N) is 1. The van der Waals surface area contributed by atoms with Crippen LogP contribution < -0.4 is 5.32 Å². The van der Waals surface area contributed by atoms with Crippen molar-refractivity contribution in [2.45, 2.75) is 51.9 Å². The lowest BCUT2D eigenvalue weighted by Crippen LogP contribution is -2.36. The molecule has 0 amide bonds. The molecule has 5 rings (SSSR count). The molecule has 0 aromatic carbocycles. The molecule has 142 valence electrons. The van der Waals surface area contributed by atoms with Gasteiger partial charge in [0.05, 0.1) is 24.6 Å². The van der Waals surface area contributed by atoms with Crippen molar-refractivity contribution in [2.75, 3.05) is 13.1 Å². The molecule has 1 atom stereocenters. The van der Waals surface area contributed by atoms with Crippen LogP contribution in [0.25, 0.3) is 5.65 Å². The first kappa shape index (κ1) is 16.9. The zero-order chi connectivity index (χ0) is 18.3. The first-order valence-electron chi connectivity index (χ1n) is 10.00. The summed E-state index contributed by atoms with van der Waals surface area (Å²) in [6, 6.07) is 0.633. The van der Waals surface area contributed by atoms with Gasteiger partial charge in [-0.3, -0.25) is 14.3 Å². The summed E-state index contributed by atoms with van der Waals surface area (Å²) in [6.07, 6.45) is 15.5. The lowest BCUT2D eigenvalue weighted by atomic mass is 9.93. The van der Waals surface area contributed by atoms with Gasteiger partial charge in [-0.15, -0.1) is 0 Å². The quantitative estimate of drug-likeness (QED) is 0.725. The minimum absolute atomic E-state index is 0.497. The molecule has 1 saturated heterocycles. The third-order valence-corrected chi connectivity index (χ3v) is 6.43. The van der Waals surface area contributed by atoms with Crippen LogP contribution in [0.4, 0.5) is 0 Å². The second-order valence-corrected chi connectivity index (χ2v) is 7.92. The van der Waals surface area contributed by atoms with Gasteiger partial charge >= 0.3 is 0 Å². The lowest BCUT2D eigenvalue weighted by molar-refractivity contribution is 0.180. The predicted octanol–water partition coefficient (Wildman–Crippen LogP) is 2.09. The van der Waals surface area contributed by atoms with Gasteiger partial charge in [-0.05, 0) is 44.7 Å². The number of hydrogen-bond donors (Lipinski definition) is 1. The van der Waals surface area contributed by atoms with Crippen molar-refractivity contribution in [1.29, 1.82) is 0 Å². The Bertz CT molecular complexity index is 921. The summed E-state index contributed by atoms with van der Waals surface area (Å²) in [7, 11) is 0. The predicted molar refractivity (Wildman–Crippen MR) is 103 cm³/mol. The van der Waals surface area contributed by atoms with Gasteiger partial charge in [0.25, 0.3) is 0 Å². The summed E-state index contributed by atoms with van der Waals surface area (Å²) in [5.74, 6) is 1.16. The van der Waals surface area contributed by atoms with Crippen LogP contribution in [0.1, 0.15) is 37.7 Å². The highest BCUT2D eigenvalue weighted by Crippen LogP contribution is 2.56. The number of rotatable bonds is 6. The van der Waals surface area contributed by atoms with Crippen LogP contribution in [0, 0.1) is 5.41 Å². The van der Waals surface area contributed by atoms with Gasteiger partial charge in [0, 0.05) is 43.9 Å². The average molecular weight is 365 g/mol. The summed E-state index contributed by atoms with van der Waals surface area (Å²) < 4.78 is 4.41. The number of hydrogen-bond acceptors (Lipinski definition) is 5. The van der Waals surface area contributed by atoms with Crippen LogP contribution in [0.2, 0.25) is 0 Å². The largest absolute Gasteiger partial charge is 0.334 e. The second-order valence-electron chi connectivity index (χ2n) is 7.92. The number of piperidine rings is 1. The Morgan fingerprint density at radius 1 is 1.15 bits per heavy atom. The Kier molecular flexibility index (Phi) is 4.21. The maximum atomic E-state index is 4.64. The fourth-order valence-corrected chi connectivity index (χ4v) is 4.76. The number of aryl methyl sites for hydroxylation is 1. The van der Waals surface area contributed by atoms with Gasteiger partial charge < -0.3 is 9.88 Å². The molecule has 1 aliphatic heterocycles. The fraction of sp³-hybridized carbons (Fsp3) is 0.550. The minimum atomic E-state index is 0.497. The number of nitrogens with zero attached hydrogens (tertiary/aromatic N) is 6. The summed E-state index contributed by atoms with van der Waals surface area (Å²) in [5, 5.41) is 3.52. The second kappa shape index (κ2) is 6.73. The van der Waals surface area contributed by atoms with E-state index in [-0.39, 0.29) is 0 Å². The molecule has 27 heavy (non-hydrogen) atoms. The summed E-state index contributed by atoms with van der Waals surface area (Å²) in [6.45, 7) is 7.22. The normalized spacial score (nSPS) is 21.3. The van der Waals surface area contributed by atoms with Crippen LogP contribution >= 0.6 is 0 Å². The van der Waals surface area contributed by atoms with Gasteiger partial charge in [-0.2, -0.15) is 0 Å². The lowest BCUT2D eigenvalue weighted by Gasteiger charge is -2.29. The van der Waals surface area contributed by atoms with Crippen molar-refractivity contribution in [3.8, 4) is 0 Å². The van der Waals surface area contributed by atoms with Gasteiger partial charge in [0.2, 0.25) is 0 Å². The zero-order valence-electron chi connectivity index (χ0n) is 15.9. The van der Waals surface area contributed by atoms with Crippen LogP contribution in [0.5, 0.6) is 0 Å². The molecule has 3 aromatic rings. The minimum Gasteiger partial charge on any atom is -0.334 e. The Morgan fingerprint density at radius 3 is 2.89 bits per heavy atom. The fourth-order valence-electron chi connectivity index (χ4n) is 4.76. The van der Waals surface area contributed by atoms with E-state index in [0.29, 0.717) is 11.5 Å². The highest BCUT2D eigenvalue weighted by molar-refractivity contribution is 5.37. The van der Waals surface area contributed by atoms with Crippen molar-refractivity contribution in [3.05, 3.63) is 48.7 Å². The molecule has 2 aliphatic rings. The Hall–Kier alpha value is -2.25. The van der Waals surface area contributed by atoms with Gasteiger partial charge in [-0.25, -0.2) is 9.97 Å². The molecule has 0 bridgehead atoms. The zero-order valence-corrected chi connectivity index (χ0v) is 15.9. The van der Waals surface area contributed by atoms with Crippen molar-refractivity contribution in [3.63, 3.8) is 0 Å². The Balaban J connectivity index is 1.43. The SMILES string of the molecule is CCn1ccnc1CN(Cc1cnc2cnccn12)[C@H]1CC12CCNCC2. The average Bonchev–Trinajstić information content (AvgIpc) is 3.06. The first-order chi connectivity index (χ1) is 13.3. The topological polar surface area (TPSA) is 63.3 Å². The molecule has 3 aromatic heterocycles. The third kappa shape index (κ3) is 3.04. The highest BCUT2D eigenvalue weighted by atomic mass is 15.3. The maximum absolute atomic E-state index is 4.64. The molecule has 1 spiro atoms. The summed E-state index contributed by atoms with van der Waals surface area (Å²) >= 11 is 0. The smallest absolute Gasteiger partial charge is 0.155 e. The van der Waals surface area contributed by atoms with E-state index in [1.807, 2.05) is 31.0 Å². The van der Waals surface area contributed by atoms with Crippen molar-refractivity contribution in [1.82, 2.24) is 34.1 Å². The summed E-state index contributed by atoms with van der Waals surface area (Å²) in [5.41, 5.74) is 2.63. The highest BCUT2D eigenvalue weighted by Gasteiger charge is 2.56. The molecule has 0 unspecified atom stereocenters. The molecule has 7 nitrogen and oxygen atoms in total. The van der Waals surface area contributed by atoms with Crippen molar-refractivity contribution >= 4 is 5.65 Å². The number of aromatic nitrogens is 5. The molecule has 7 heteroatoms. The van der Waals surface area contributed by atoms with E-state index in [1.54, 1.807) is 0 Å². The van der Waals surface area contributed by atoms with Gasteiger partial charge in [0.1, 0.15) is 5.82 Å². The van der Waals surface area contributed by atoms with Crippen molar-refractivity contribution < 1.29 is 0 Å². The molecule has 4 heterocycles. The van der Waals surface area contributed by atoms with E-state index < -0.39 is 0 Å². The number of fused-ring (bicyclic) bond motifs is 1. The molecule has 1 saturated carbocycles. The molecule has 1 aliphatic carbocycles. The van der Waals surface area contributed by atoms with Crippen LogP contribution in [0.15, 0.2) is 37.2 Å². The van der Waals surface area contributed by atoms with Gasteiger partial charge in [0.15, 0.2) is 5.65 Å². The van der Waals surface area contributed by atoms with E-state index in [2.05, 4.69) is 47.3 Å². The molecule has 0 radical (unpaired) electrons. The van der Waals surface area contributed by atoms with E-state index in [1.165, 1.54) is 25.0 Å². The van der Waals surface area contributed by atoms with E-state index in [9.17, 15) is 0 Å². The third-order valence-electron chi connectivity index (χ3n) is 6.43. The van der Waals surface area contributed by atoms with Gasteiger partial charge in [-0.1, -0.05) is 0 Å². The van der Waals surface area contributed by atoms with Crippen LogP contribution in [-0.4, -0.2) is 48.0 Å². The number of imidazole rings is 2. The maximum Gasteiger partial charge on any atom is 0.155 e. The molecular formula is C20H27N7. The molecular weight excluding hydrogens is 338 g/mol. The first-order valence-corrected chi connectivity index (χ1v) is 10.00. The van der Waals surface area contributed by atoms with E-state index in [4.69, 9.17) is 0 Å². The monoisotopic (exact) mass is 365 g/mol. The standard InChI is InChI=1S/C20H27N7/c1-2-25-9-8-23-19(25)15-26(17-11-20(17)3-5-21-6-4-20)14-16-12-24-18-13-22-7-10-27(16)18/h7-10,12-13,17,21H,2-6,11,14-15H2,1H3/t17-/m0/s1.